The molecular formula is C27H30F4O4. The van der Waals surface area contributed by atoms with Gasteiger partial charge in [0.25, 0.3) is 0 Å². The molecule has 2 atom stereocenters. The van der Waals surface area contributed by atoms with Crippen molar-refractivity contribution in [2.75, 3.05) is 13.2 Å². The maximum atomic E-state index is 15.1. The molecule has 0 N–H and O–H groups in total. The number of hydrogen-bond donors (Lipinski definition) is 0. The topological polar surface area (TPSA) is 44.8 Å². The van der Waals surface area contributed by atoms with Gasteiger partial charge in [-0.25, -0.2) is 9.18 Å². The molecule has 35 heavy (non-hydrogen) atoms. The number of ether oxygens (including phenoxy) is 3. The minimum Gasteiger partial charge on any atom is -0.494 e. The highest BCUT2D eigenvalue weighted by molar-refractivity contribution is 5.78. The molecule has 2 aromatic rings. The highest BCUT2D eigenvalue weighted by atomic mass is 19.4. The van der Waals surface area contributed by atoms with Gasteiger partial charge in [0.05, 0.1) is 13.2 Å². The summed E-state index contributed by atoms with van der Waals surface area (Å²) >= 11 is 0. The predicted molar refractivity (Wildman–Crippen MR) is 125 cm³/mol. The van der Waals surface area contributed by atoms with Gasteiger partial charge in [0.2, 0.25) is 0 Å². The molecule has 190 valence electrons. The summed E-state index contributed by atoms with van der Waals surface area (Å²) in [4.78, 5) is 12.5. The van der Waals surface area contributed by atoms with Gasteiger partial charge in [0.15, 0.2) is 6.10 Å². The zero-order valence-electron chi connectivity index (χ0n) is 19.7. The van der Waals surface area contributed by atoms with Gasteiger partial charge < -0.3 is 14.2 Å². The van der Waals surface area contributed by atoms with Gasteiger partial charge in [0, 0.05) is 5.56 Å². The molecule has 1 saturated heterocycles. The third-order valence-electron chi connectivity index (χ3n) is 5.94. The average molecular weight is 495 g/mol. The van der Waals surface area contributed by atoms with Crippen LogP contribution in [0.1, 0.15) is 51.0 Å². The van der Waals surface area contributed by atoms with Crippen molar-refractivity contribution in [2.45, 2.75) is 57.7 Å². The Hall–Kier alpha value is -2.87. The van der Waals surface area contributed by atoms with Crippen molar-refractivity contribution in [3.05, 3.63) is 60.4 Å². The minimum atomic E-state index is -5.07. The van der Waals surface area contributed by atoms with E-state index < -0.39 is 35.4 Å². The Morgan fingerprint density at radius 1 is 1.17 bits per heavy atom. The molecule has 1 heterocycles. The van der Waals surface area contributed by atoms with Crippen molar-refractivity contribution in [2.24, 2.45) is 5.92 Å². The fourth-order valence-electron chi connectivity index (χ4n) is 3.94. The molecule has 0 spiro atoms. The standard InChI is InChI=1S/C27H30F4O4/c1-3-5-7-18-8-14-23(34-17-18)26(32)35-22-15-13-21(25(28)24(22)27(29,30)31)19-9-11-20(12-10-19)33-16-6-4-2/h3,9-13,15,18,23H,1,4-8,14,16-17H2,2H3. The predicted octanol–water partition coefficient (Wildman–Crippen LogP) is 7.36. The molecule has 3 rings (SSSR count). The number of hydrogen-bond acceptors (Lipinski definition) is 4. The van der Waals surface area contributed by atoms with Crippen molar-refractivity contribution in [1.82, 2.24) is 0 Å². The highest BCUT2D eigenvalue weighted by Gasteiger charge is 2.40. The molecule has 0 aliphatic carbocycles. The van der Waals surface area contributed by atoms with Crippen LogP contribution in [-0.2, 0) is 15.7 Å². The summed E-state index contributed by atoms with van der Waals surface area (Å²) in [5.74, 6) is -2.54. The van der Waals surface area contributed by atoms with Crippen LogP contribution in [0.15, 0.2) is 49.1 Å². The lowest BCUT2D eigenvalue weighted by atomic mass is 9.94. The Labute approximate surface area is 202 Å². The van der Waals surface area contributed by atoms with E-state index in [1.807, 2.05) is 6.92 Å². The van der Waals surface area contributed by atoms with E-state index in [0.29, 0.717) is 31.8 Å². The monoisotopic (exact) mass is 494 g/mol. The van der Waals surface area contributed by atoms with E-state index in [-0.39, 0.29) is 17.0 Å². The summed E-state index contributed by atoms with van der Waals surface area (Å²) in [5.41, 5.74) is -1.63. The number of esters is 1. The zero-order chi connectivity index (χ0) is 25.4. The molecule has 8 heteroatoms. The van der Waals surface area contributed by atoms with Crippen LogP contribution in [0.5, 0.6) is 11.5 Å². The van der Waals surface area contributed by atoms with Crippen LogP contribution in [0.3, 0.4) is 0 Å². The van der Waals surface area contributed by atoms with E-state index >= 15 is 4.39 Å². The fraction of sp³-hybridized carbons (Fsp3) is 0.444. The Morgan fingerprint density at radius 2 is 1.91 bits per heavy atom. The Bertz CT molecular complexity index is 993. The lowest BCUT2D eigenvalue weighted by Gasteiger charge is -2.27. The van der Waals surface area contributed by atoms with Gasteiger partial charge in [-0.3, -0.25) is 0 Å². The average Bonchev–Trinajstić information content (AvgIpc) is 2.83. The molecule has 1 aliphatic rings. The minimum absolute atomic E-state index is 0.245. The van der Waals surface area contributed by atoms with Crippen molar-refractivity contribution in [1.29, 1.82) is 0 Å². The summed E-state index contributed by atoms with van der Waals surface area (Å²) in [7, 11) is 0. The van der Waals surface area contributed by atoms with Crippen LogP contribution < -0.4 is 9.47 Å². The first-order valence-corrected chi connectivity index (χ1v) is 11.8. The number of unbranched alkanes of at least 4 members (excludes halogenated alkanes) is 1. The summed E-state index contributed by atoms with van der Waals surface area (Å²) in [6.07, 6.45) is 0.270. The van der Waals surface area contributed by atoms with E-state index in [9.17, 15) is 18.0 Å². The number of halogens is 4. The maximum absolute atomic E-state index is 15.1. The summed E-state index contributed by atoms with van der Waals surface area (Å²) in [5, 5.41) is 0. The van der Waals surface area contributed by atoms with Crippen LogP contribution in [0.2, 0.25) is 0 Å². The number of rotatable bonds is 10. The number of benzene rings is 2. The number of carbonyl (C=O) groups excluding carboxylic acids is 1. The SMILES string of the molecule is C=CCCC1CCC(C(=O)Oc2ccc(-c3ccc(OCCCC)cc3)c(F)c2C(F)(F)F)OC1. The third-order valence-corrected chi connectivity index (χ3v) is 5.94. The Morgan fingerprint density at radius 3 is 2.51 bits per heavy atom. The van der Waals surface area contributed by atoms with Gasteiger partial charge in [-0.2, -0.15) is 13.2 Å². The Balaban J connectivity index is 1.77. The lowest BCUT2D eigenvalue weighted by molar-refractivity contribution is -0.155. The van der Waals surface area contributed by atoms with Crippen LogP contribution in [-0.4, -0.2) is 25.3 Å². The smallest absolute Gasteiger partial charge is 0.422 e. The van der Waals surface area contributed by atoms with E-state index in [1.54, 1.807) is 18.2 Å². The second kappa shape index (κ2) is 12.2. The van der Waals surface area contributed by atoms with E-state index in [4.69, 9.17) is 14.2 Å². The summed E-state index contributed by atoms with van der Waals surface area (Å²) in [6.45, 7) is 6.52. The van der Waals surface area contributed by atoms with Crippen molar-refractivity contribution >= 4 is 5.97 Å². The summed E-state index contributed by atoms with van der Waals surface area (Å²) in [6, 6.07) is 8.28. The van der Waals surface area contributed by atoms with Crippen LogP contribution in [0.25, 0.3) is 11.1 Å². The van der Waals surface area contributed by atoms with Crippen molar-refractivity contribution < 1.29 is 36.6 Å². The molecule has 0 bridgehead atoms. The Kier molecular flexibility index (Phi) is 9.32. The number of allylic oxidation sites excluding steroid dienone is 1. The molecule has 1 aliphatic heterocycles. The highest BCUT2D eigenvalue weighted by Crippen LogP contribution is 2.42. The second-order valence-electron chi connectivity index (χ2n) is 8.58. The molecule has 0 amide bonds. The number of alkyl halides is 3. The van der Waals surface area contributed by atoms with Crippen molar-refractivity contribution in [3.8, 4) is 22.6 Å². The first kappa shape index (κ1) is 26.7. The van der Waals surface area contributed by atoms with E-state index in [2.05, 4.69) is 6.58 Å². The quantitative estimate of drug-likeness (QED) is 0.114. The van der Waals surface area contributed by atoms with E-state index in [0.717, 1.165) is 31.7 Å². The molecule has 0 aromatic heterocycles. The molecule has 1 fully saturated rings. The third kappa shape index (κ3) is 7.07. The van der Waals surface area contributed by atoms with Crippen LogP contribution in [0, 0.1) is 11.7 Å². The zero-order valence-corrected chi connectivity index (χ0v) is 19.7. The van der Waals surface area contributed by atoms with Crippen LogP contribution >= 0.6 is 0 Å². The van der Waals surface area contributed by atoms with Gasteiger partial charge in [-0.15, -0.1) is 6.58 Å². The van der Waals surface area contributed by atoms with Crippen molar-refractivity contribution in [3.63, 3.8) is 0 Å². The molecule has 0 saturated carbocycles. The normalized spacial score (nSPS) is 18.2. The van der Waals surface area contributed by atoms with E-state index in [1.165, 1.54) is 18.2 Å². The molecule has 4 nitrogen and oxygen atoms in total. The fourth-order valence-corrected chi connectivity index (χ4v) is 3.94. The molecular weight excluding hydrogens is 464 g/mol. The second-order valence-corrected chi connectivity index (χ2v) is 8.58. The molecule has 2 aromatic carbocycles. The maximum Gasteiger partial charge on any atom is 0.422 e. The molecule has 2 unspecified atom stereocenters. The van der Waals surface area contributed by atoms with Gasteiger partial charge in [0.1, 0.15) is 22.9 Å². The largest absolute Gasteiger partial charge is 0.494 e. The summed E-state index contributed by atoms with van der Waals surface area (Å²) < 4.78 is 72.7. The van der Waals surface area contributed by atoms with Gasteiger partial charge in [-0.1, -0.05) is 31.6 Å². The first-order valence-electron chi connectivity index (χ1n) is 11.8. The molecule has 0 radical (unpaired) electrons. The van der Waals surface area contributed by atoms with Gasteiger partial charge >= 0.3 is 12.1 Å². The lowest BCUT2D eigenvalue weighted by Crippen LogP contribution is -2.35. The van der Waals surface area contributed by atoms with Gasteiger partial charge in [-0.05, 0) is 67.9 Å². The van der Waals surface area contributed by atoms with Crippen LogP contribution in [0.4, 0.5) is 17.6 Å². The first-order chi connectivity index (χ1) is 16.7. The number of carbonyl (C=O) groups is 1.